The molecular weight excluding hydrogens is 268 g/mol. The van der Waals surface area contributed by atoms with Gasteiger partial charge in [0.1, 0.15) is 0 Å². The number of aliphatic carboxylic acids is 1. The number of hydrogen-bond acceptors (Lipinski definition) is 2. The van der Waals surface area contributed by atoms with Crippen LogP contribution in [0.2, 0.25) is 0 Å². The fourth-order valence-electron chi connectivity index (χ4n) is 3.80. The van der Waals surface area contributed by atoms with E-state index < -0.39 is 11.4 Å². The Hall–Kier alpha value is -1.26. The maximum Gasteiger partial charge on any atom is 0.315 e. The second kappa shape index (κ2) is 7.14. The first-order valence-corrected chi connectivity index (χ1v) is 8.33. The third-order valence-corrected chi connectivity index (χ3v) is 5.30. The number of carbonyl (C=O) groups is 2. The molecule has 5 nitrogen and oxygen atoms in total. The molecule has 2 fully saturated rings. The molecule has 2 amide bonds. The van der Waals surface area contributed by atoms with E-state index in [1.54, 1.807) is 0 Å². The van der Waals surface area contributed by atoms with E-state index in [1.165, 1.54) is 19.3 Å². The Morgan fingerprint density at radius 3 is 2.52 bits per heavy atom. The fraction of sp³-hybridized carbons (Fsp3) is 0.875. The number of rotatable bonds is 5. The summed E-state index contributed by atoms with van der Waals surface area (Å²) in [6.07, 6.45) is 8.91. The molecule has 0 aromatic heterocycles. The minimum atomic E-state index is -0.774. The Morgan fingerprint density at radius 1 is 1.19 bits per heavy atom. The molecule has 2 saturated carbocycles. The van der Waals surface area contributed by atoms with E-state index in [9.17, 15) is 14.7 Å². The van der Waals surface area contributed by atoms with Gasteiger partial charge in [0.2, 0.25) is 0 Å². The summed E-state index contributed by atoms with van der Waals surface area (Å²) >= 11 is 0. The molecule has 0 aromatic carbocycles. The highest BCUT2D eigenvalue weighted by Crippen LogP contribution is 2.37. The van der Waals surface area contributed by atoms with Gasteiger partial charge >= 0.3 is 12.0 Å². The van der Waals surface area contributed by atoms with Crippen molar-refractivity contribution in [1.29, 1.82) is 0 Å². The summed E-state index contributed by atoms with van der Waals surface area (Å²) in [6, 6.07) is 0.0392. The molecular formula is C16H28N2O3. The van der Waals surface area contributed by atoms with Crippen molar-refractivity contribution in [2.75, 3.05) is 6.54 Å². The van der Waals surface area contributed by atoms with Crippen LogP contribution >= 0.6 is 0 Å². The lowest BCUT2D eigenvalue weighted by Gasteiger charge is -2.30. The zero-order valence-electron chi connectivity index (χ0n) is 13.0. The summed E-state index contributed by atoms with van der Waals surface area (Å²) in [7, 11) is 0. The predicted molar refractivity (Wildman–Crippen MR) is 81.1 cm³/mol. The standard InChI is InChI=1S/C16H28N2O3/c1-2-12-6-5-7-13(10-12)18-15(21)17-11-16(14(19)20)8-3-4-9-16/h12-13H,2-11H2,1H3,(H,19,20)(H2,17,18,21). The van der Waals surface area contributed by atoms with Gasteiger partial charge in [-0.3, -0.25) is 4.79 Å². The first kappa shape index (κ1) is 16.1. The van der Waals surface area contributed by atoms with Crippen LogP contribution in [0.15, 0.2) is 0 Å². The van der Waals surface area contributed by atoms with Crippen molar-refractivity contribution in [3.63, 3.8) is 0 Å². The van der Waals surface area contributed by atoms with Gasteiger partial charge in [0.15, 0.2) is 0 Å². The van der Waals surface area contributed by atoms with E-state index in [1.807, 2.05) is 0 Å². The van der Waals surface area contributed by atoms with Gasteiger partial charge in [-0.1, -0.05) is 39.0 Å². The Morgan fingerprint density at radius 2 is 1.90 bits per heavy atom. The van der Waals surface area contributed by atoms with E-state index in [2.05, 4.69) is 17.6 Å². The summed E-state index contributed by atoms with van der Waals surface area (Å²) in [5, 5.41) is 15.2. The third-order valence-electron chi connectivity index (χ3n) is 5.30. The topological polar surface area (TPSA) is 78.4 Å². The largest absolute Gasteiger partial charge is 0.481 e. The molecule has 0 saturated heterocycles. The molecule has 120 valence electrons. The highest BCUT2D eigenvalue weighted by molar-refractivity contribution is 5.78. The van der Waals surface area contributed by atoms with Crippen molar-refractivity contribution in [3.05, 3.63) is 0 Å². The molecule has 2 rings (SSSR count). The summed E-state index contributed by atoms with van der Waals surface area (Å²) in [5.74, 6) is -0.0618. The summed E-state index contributed by atoms with van der Waals surface area (Å²) in [6.45, 7) is 2.45. The van der Waals surface area contributed by atoms with E-state index in [4.69, 9.17) is 0 Å². The zero-order valence-corrected chi connectivity index (χ0v) is 13.0. The van der Waals surface area contributed by atoms with Crippen LogP contribution in [0.4, 0.5) is 4.79 Å². The summed E-state index contributed by atoms with van der Waals surface area (Å²) < 4.78 is 0. The number of nitrogens with one attached hydrogen (secondary N) is 2. The van der Waals surface area contributed by atoms with E-state index >= 15 is 0 Å². The molecule has 2 aliphatic carbocycles. The van der Waals surface area contributed by atoms with E-state index in [0.29, 0.717) is 18.8 Å². The van der Waals surface area contributed by atoms with Crippen molar-refractivity contribution in [1.82, 2.24) is 10.6 Å². The summed E-state index contributed by atoms with van der Waals surface area (Å²) in [5.41, 5.74) is -0.740. The molecule has 5 heteroatoms. The minimum absolute atomic E-state index is 0.204. The van der Waals surface area contributed by atoms with Crippen LogP contribution in [-0.2, 0) is 4.79 Å². The molecule has 3 N–H and O–H groups in total. The lowest BCUT2D eigenvalue weighted by Crippen LogP contribution is -2.48. The molecule has 2 atom stereocenters. The number of urea groups is 1. The Bertz CT molecular complexity index is 378. The van der Waals surface area contributed by atoms with Gasteiger partial charge in [-0.15, -0.1) is 0 Å². The molecule has 21 heavy (non-hydrogen) atoms. The normalized spacial score (nSPS) is 28.0. The average molecular weight is 296 g/mol. The quantitative estimate of drug-likeness (QED) is 0.730. The zero-order chi connectivity index (χ0) is 15.3. The van der Waals surface area contributed by atoms with Crippen molar-refractivity contribution in [2.45, 2.75) is 70.8 Å². The Balaban J connectivity index is 1.78. The van der Waals surface area contributed by atoms with Crippen LogP contribution in [0.3, 0.4) is 0 Å². The van der Waals surface area contributed by atoms with Crippen molar-refractivity contribution in [2.24, 2.45) is 11.3 Å². The fourth-order valence-corrected chi connectivity index (χ4v) is 3.80. The van der Waals surface area contributed by atoms with Gasteiger partial charge in [0.25, 0.3) is 0 Å². The van der Waals surface area contributed by atoms with E-state index in [-0.39, 0.29) is 18.6 Å². The van der Waals surface area contributed by atoms with Gasteiger partial charge in [-0.2, -0.15) is 0 Å². The van der Waals surface area contributed by atoms with Crippen molar-refractivity contribution in [3.8, 4) is 0 Å². The van der Waals surface area contributed by atoms with Crippen LogP contribution in [0.25, 0.3) is 0 Å². The maximum atomic E-state index is 12.0. The van der Waals surface area contributed by atoms with Crippen LogP contribution in [0.1, 0.15) is 64.7 Å². The number of carboxylic acids is 1. The molecule has 0 aromatic rings. The number of carbonyl (C=O) groups excluding carboxylic acids is 1. The van der Waals surface area contributed by atoms with Gasteiger partial charge in [0.05, 0.1) is 5.41 Å². The first-order valence-electron chi connectivity index (χ1n) is 8.33. The molecule has 2 aliphatic rings. The second-order valence-corrected chi connectivity index (χ2v) is 6.76. The molecule has 2 unspecified atom stereocenters. The van der Waals surface area contributed by atoms with Crippen LogP contribution in [-0.4, -0.2) is 29.7 Å². The SMILES string of the molecule is CCC1CCCC(NC(=O)NCC2(C(=O)O)CCCC2)C1. The second-order valence-electron chi connectivity index (χ2n) is 6.76. The first-order chi connectivity index (χ1) is 10.1. The van der Waals surface area contributed by atoms with Crippen LogP contribution < -0.4 is 10.6 Å². The lowest BCUT2D eigenvalue weighted by atomic mass is 9.84. The third kappa shape index (κ3) is 4.11. The number of hydrogen-bond donors (Lipinski definition) is 3. The van der Waals surface area contributed by atoms with Crippen molar-refractivity contribution >= 4 is 12.0 Å². The predicted octanol–water partition coefficient (Wildman–Crippen LogP) is 2.90. The van der Waals surface area contributed by atoms with Crippen molar-refractivity contribution < 1.29 is 14.7 Å². The molecule has 0 spiro atoms. The molecule has 0 heterocycles. The smallest absolute Gasteiger partial charge is 0.315 e. The maximum absolute atomic E-state index is 12.0. The minimum Gasteiger partial charge on any atom is -0.481 e. The van der Waals surface area contributed by atoms with Gasteiger partial charge in [0, 0.05) is 12.6 Å². The lowest BCUT2D eigenvalue weighted by molar-refractivity contribution is -0.148. The van der Waals surface area contributed by atoms with Crippen LogP contribution in [0.5, 0.6) is 0 Å². The molecule has 0 bridgehead atoms. The van der Waals surface area contributed by atoms with E-state index in [0.717, 1.165) is 25.7 Å². The number of amides is 2. The monoisotopic (exact) mass is 296 g/mol. The number of carboxylic acid groups (broad SMARTS) is 1. The highest BCUT2D eigenvalue weighted by atomic mass is 16.4. The van der Waals surface area contributed by atoms with Gasteiger partial charge in [-0.25, -0.2) is 4.79 Å². The van der Waals surface area contributed by atoms with Gasteiger partial charge < -0.3 is 15.7 Å². The molecule has 0 aliphatic heterocycles. The Labute approximate surface area is 126 Å². The van der Waals surface area contributed by atoms with Gasteiger partial charge in [-0.05, 0) is 31.6 Å². The van der Waals surface area contributed by atoms with Crippen LogP contribution in [0, 0.1) is 11.3 Å². The Kier molecular flexibility index (Phi) is 5.48. The molecule has 0 radical (unpaired) electrons. The average Bonchev–Trinajstić information content (AvgIpc) is 2.95. The highest BCUT2D eigenvalue weighted by Gasteiger charge is 2.41. The summed E-state index contributed by atoms with van der Waals surface area (Å²) in [4.78, 5) is 23.4.